The van der Waals surface area contributed by atoms with E-state index in [0.29, 0.717) is 19.3 Å². The van der Waals surface area contributed by atoms with Crippen LogP contribution in [0.4, 0.5) is 0 Å². The van der Waals surface area contributed by atoms with Gasteiger partial charge in [-0.3, -0.25) is 25.0 Å². The zero-order valence-electron chi connectivity index (χ0n) is 8.58. The number of imide groups is 1. The maximum Gasteiger partial charge on any atom is 0.243 e. The van der Waals surface area contributed by atoms with E-state index in [0.717, 1.165) is 0 Å². The number of carbonyl (C=O) groups excluding carboxylic acids is 3. The highest BCUT2D eigenvalue weighted by Crippen LogP contribution is 2.06. The fourth-order valence-electron chi connectivity index (χ4n) is 1.50. The van der Waals surface area contributed by atoms with Gasteiger partial charge in [0, 0.05) is 6.42 Å². The van der Waals surface area contributed by atoms with Crippen molar-refractivity contribution >= 4 is 17.7 Å². The molecule has 6 heteroatoms. The summed E-state index contributed by atoms with van der Waals surface area (Å²) >= 11 is 0. The highest BCUT2D eigenvalue weighted by Gasteiger charge is 2.29. The summed E-state index contributed by atoms with van der Waals surface area (Å²) in [6, 6.07) is -1.02. The predicted octanol–water partition coefficient (Wildman–Crippen LogP) is -1.35. The van der Waals surface area contributed by atoms with E-state index in [2.05, 4.69) is 10.6 Å². The third-order valence-corrected chi connectivity index (χ3v) is 2.39. The Bertz CT molecular complexity index is 290. The van der Waals surface area contributed by atoms with E-state index in [9.17, 15) is 14.4 Å². The molecule has 0 saturated carbocycles. The van der Waals surface area contributed by atoms with Crippen molar-refractivity contribution in [3.05, 3.63) is 0 Å². The lowest BCUT2D eigenvalue weighted by atomic mass is 10.0. The monoisotopic (exact) mass is 213 g/mol. The van der Waals surface area contributed by atoms with Crippen LogP contribution in [0.2, 0.25) is 0 Å². The molecule has 2 unspecified atom stereocenters. The number of carbonyl (C=O) groups is 3. The number of hydrogen-bond donors (Lipinski definition) is 3. The molecular weight excluding hydrogens is 198 g/mol. The molecule has 1 heterocycles. The van der Waals surface area contributed by atoms with Crippen molar-refractivity contribution in [1.82, 2.24) is 10.6 Å². The van der Waals surface area contributed by atoms with Crippen molar-refractivity contribution in [3.8, 4) is 0 Å². The maximum absolute atomic E-state index is 11.3. The van der Waals surface area contributed by atoms with Crippen LogP contribution in [0.15, 0.2) is 0 Å². The Morgan fingerprint density at radius 2 is 2.33 bits per heavy atom. The second-order valence-corrected chi connectivity index (χ2v) is 3.53. The summed E-state index contributed by atoms with van der Waals surface area (Å²) in [5.41, 5.74) is 5.14. The highest BCUT2D eigenvalue weighted by molar-refractivity contribution is 6.00. The number of piperidine rings is 1. The molecule has 1 aliphatic heterocycles. The molecule has 15 heavy (non-hydrogen) atoms. The van der Waals surface area contributed by atoms with Crippen LogP contribution < -0.4 is 16.4 Å². The third-order valence-electron chi connectivity index (χ3n) is 2.39. The highest BCUT2D eigenvalue weighted by atomic mass is 16.2. The Labute approximate surface area is 87.6 Å². The Morgan fingerprint density at radius 3 is 2.80 bits per heavy atom. The molecule has 4 N–H and O–H groups in total. The van der Waals surface area contributed by atoms with Crippen LogP contribution in [-0.2, 0) is 14.4 Å². The zero-order chi connectivity index (χ0) is 11.4. The van der Waals surface area contributed by atoms with Gasteiger partial charge in [-0.2, -0.15) is 0 Å². The molecule has 0 spiro atoms. The van der Waals surface area contributed by atoms with Gasteiger partial charge in [0.25, 0.3) is 0 Å². The van der Waals surface area contributed by atoms with Gasteiger partial charge in [-0.15, -0.1) is 0 Å². The summed E-state index contributed by atoms with van der Waals surface area (Å²) in [5, 5.41) is 5.04. The van der Waals surface area contributed by atoms with Gasteiger partial charge in [0.1, 0.15) is 0 Å². The van der Waals surface area contributed by atoms with E-state index in [1.807, 2.05) is 0 Å². The van der Waals surface area contributed by atoms with E-state index in [-0.39, 0.29) is 11.8 Å². The molecule has 0 aromatic rings. The second-order valence-electron chi connectivity index (χ2n) is 3.53. The molecular formula is C9H15N3O3. The van der Waals surface area contributed by atoms with Crippen LogP contribution in [0.3, 0.4) is 0 Å². The van der Waals surface area contributed by atoms with Gasteiger partial charge in [0.15, 0.2) is 0 Å². The lowest BCUT2D eigenvalue weighted by Gasteiger charge is -2.25. The van der Waals surface area contributed by atoms with Crippen LogP contribution in [0, 0.1) is 0 Å². The predicted molar refractivity (Wildman–Crippen MR) is 52.6 cm³/mol. The van der Waals surface area contributed by atoms with Crippen LogP contribution in [0.1, 0.15) is 26.2 Å². The van der Waals surface area contributed by atoms with Gasteiger partial charge in [-0.1, -0.05) is 6.92 Å². The first-order chi connectivity index (χ1) is 7.04. The SMILES string of the molecule is CCC(NC1CCC(=O)NC1=O)C(N)=O. The van der Waals surface area contributed by atoms with E-state index in [1.54, 1.807) is 6.92 Å². The molecule has 1 aliphatic rings. The van der Waals surface area contributed by atoms with Crippen molar-refractivity contribution in [2.24, 2.45) is 5.73 Å². The Kier molecular flexibility index (Phi) is 3.79. The Hall–Kier alpha value is -1.43. The van der Waals surface area contributed by atoms with E-state index in [4.69, 9.17) is 5.73 Å². The van der Waals surface area contributed by atoms with Crippen molar-refractivity contribution in [1.29, 1.82) is 0 Å². The Balaban J connectivity index is 2.54. The zero-order valence-corrected chi connectivity index (χ0v) is 8.58. The third kappa shape index (κ3) is 3.02. The average molecular weight is 213 g/mol. The fourth-order valence-corrected chi connectivity index (χ4v) is 1.50. The lowest BCUT2D eigenvalue weighted by molar-refractivity contribution is -0.135. The van der Waals surface area contributed by atoms with E-state index in [1.165, 1.54) is 0 Å². The molecule has 1 saturated heterocycles. The smallest absolute Gasteiger partial charge is 0.243 e. The van der Waals surface area contributed by atoms with Gasteiger partial charge in [-0.05, 0) is 12.8 Å². The molecule has 6 nitrogen and oxygen atoms in total. The molecule has 0 bridgehead atoms. The van der Waals surface area contributed by atoms with E-state index < -0.39 is 18.0 Å². The van der Waals surface area contributed by atoms with Gasteiger partial charge in [0.2, 0.25) is 17.7 Å². The number of hydrogen-bond acceptors (Lipinski definition) is 4. The molecule has 1 fully saturated rings. The van der Waals surface area contributed by atoms with Crippen molar-refractivity contribution in [2.75, 3.05) is 0 Å². The summed E-state index contributed by atoms with van der Waals surface area (Å²) in [6.07, 6.45) is 1.22. The normalized spacial score (nSPS) is 23.4. The first-order valence-corrected chi connectivity index (χ1v) is 4.93. The quantitative estimate of drug-likeness (QED) is 0.502. The van der Waals surface area contributed by atoms with Crippen LogP contribution in [0.5, 0.6) is 0 Å². The standard InChI is InChI=1S/C9H15N3O3/c1-2-5(8(10)14)11-6-3-4-7(13)12-9(6)15/h5-6,11H,2-4H2,1H3,(H2,10,14)(H,12,13,15). The molecule has 3 amide bonds. The number of nitrogens with two attached hydrogens (primary N) is 1. The molecule has 1 rings (SSSR count). The molecule has 2 atom stereocenters. The number of nitrogens with one attached hydrogen (secondary N) is 2. The Morgan fingerprint density at radius 1 is 1.67 bits per heavy atom. The lowest BCUT2D eigenvalue weighted by Crippen LogP contribution is -2.55. The van der Waals surface area contributed by atoms with Gasteiger partial charge >= 0.3 is 0 Å². The number of primary amides is 1. The summed E-state index contributed by atoms with van der Waals surface area (Å²) in [6.45, 7) is 1.80. The second kappa shape index (κ2) is 4.88. The summed E-state index contributed by atoms with van der Waals surface area (Å²) in [7, 11) is 0. The largest absolute Gasteiger partial charge is 0.368 e. The van der Waals surface area contributed by atoms with Gasteiger partial charge < -0.3 is 5.73 Å². The first kappa shape index (κ1) is 11.6. The molecule has 84 valence electrons. The molecule has 0 aromatic carbocycles. The summed E-state index contributed by atoms with van der Waals surface area (Å²) in [4.78, 5) is 33.1. The summed E-state index contributed by atoms with van der Waals surface area (Å²) in [5.74, 6) is -1.14. The van der Waals surface area contributed by atoms with Crippen molar-refractivity contribution in [3.63, 3.8) is 0 Å². The van der Waals surface area contributed by atoms with Gasteiger partial charge in [0.05, 0.1) is 12.1 Å². The number of rotatable bonds is 4. The topological polar surface area (TPSA) is 101 Å². The van der Waals surface area contributed by atoms with Crippen molar-refractivity contribution in [2.45, 2.75) is 38.3 Å². The minimum Gasteiger partial charge on any atom is -0.368 e. The van der Waals surface area contributed by atoms with Crippen LogP contribution in [-0.4, -0.2) is 29.8 Å². The van der Waals surface area contributed by atoms with Crippen LogP contribution >= 0.6 is 0 Å². The minimum atomic E-state index is -0.519. The first-order valence-electron chi connectivity index (χ1n) is 4.93. The molecule has 0 aromatic heterocycles. The van der Waals surface area contributed by atoms with Crippen molar-refractivity contribution < 1.29 is 14.4 Å². The molecule has 0 aliphatic carbocycles. The minimum absolute atomic E-state index is 0.273. The van der Waals surface area contributed by atoms with E-state index >= 15 is 0 Å². The van der Waals surface area contributed by atoms with Gasteiger partial charge in [-0.25, -0.2) is 0 Å². The summed E-state index contributed by atoms with van der Waals surface area (Å²) < 4.78 is 0. The number of amides is 3. The maximum atomic E-state index is 11.3. The average Bonchev–Trinajstić information content (AvgIpc) is 2.16. The van der Waals surface area contributed by atoms with Crippen LogP contribution in [0.25, 0.3) is 0 Å². The fraction of sp³-hybridized carbons (Fsp3) is 0.667. The molecule has 0 radical (unpaired) electrons.